The Morgan fingerprint density at radius 1 is 1.23 bits per heavy atom. The topological polar surface area (TPSA) is 91.6 Å². The Hall–Kier alpha value is -3.26. The molecule has 8 nitrogen and oxygen atoms in total. The van der Waals surface area contributed by atoms with Gasteiger partial charge in [0.25, 0.3) is 5.56 Å². The molecule has 0 saturated heterocycles. The van der Waals surface area contributed by atoms with Crippen LogP contribution in [-0.4, -0.2) is 29.2 Å². The molecule has 3 heterocycles. The lowest BCUT2D eigenvalue weighted by atomic mass is 10.1. The molecular weight excluding hydrogens is 404 g/mol. The highest BCUT2D eigenvalue weighted by molar-refractivity contribution is 6.30. The molecule has 3 atom stereocenters. The highest BCUT2D eigenvalue weighted by atomic mass is 35.5. The Morgan fingerprint density at radius 2 is 2.03 bits per heavy atom. The van der Waals surface area contributed by atoms with Crippen LogP contribution in [0.3, 0.4) is 0 Å². The standard InChI is InChI=1S/C21H15ClN6O2/c1-27-8-23-18-17(27)19(29)28(9-24-18)7-14-25-20(26-30-14)21-13-6-12(15(21)16(13)21)10-2-4-11(22)5-3-10/h2-5,8-9,13,16H,6-7H2,1H3/t13-,16-,21+/m1/s1. The minimum Gasteiger partial charge on any atom is -0.337 e. The van der Waals surface area contributed by atoms with E-state index in [0.29, 0.717) is 28.9 Å². The summed E-state index contributed by atoms with van der Waals surface area (Å²) >= 11 is 6.03. The van der Waals surface area contributed by atoms with E-state index >= 15 is 0 Å². The van der Waals surface area contributed by atoms with Crippen LogP contribution in [0.25, 0.3) is 16.7 Å². The predicted octanol–water partition coefficient (Wildman–Crippen LogP) is 2.57. The normalized spacial score (nSPS) is 25.8. The van der Waals surface area contributed by atoms with Gasteiger partial charge in [-0.3, -0.25) is 9.36 Å². The third-order valence-electron chi connectivity index (χ3n) is 6.83. The molecule has 0 N–H and O–H groups in total. The second kappa shape index (κ2) is 5.26. The maximum Gasteiger partial charge on any atom is 0.280 e. The average Bonchev–Trinajstić information content (AvgIpc) is 3.21. The molecule has 0 radical (unpaired) electrons. The summed E-state index contributed by atoms with van der Waals surface area (Å²) in [4.78, 5) is 25.7. The van der Waals surface area contributed by atoms with E-state index in [2.05, 4.69) is 32.2 Å². The van der Waals surface area contributed by atoms with Crippen molar-refractivity contribution >= 4 is 28.3 Å². The Labute approximate surface area is 174 Å². The van der Waals surface area contributed by atoms with Crippen LogP contribution >= 0.6 is 11.6 Å². The summed E-state index contributed by atoms with van der Waals surface area (Å²) in [5.41, 5.74) is 4.74. The van der Waals surface area contributed by atoms with Crippen LogP contribution in [-0.2, 0) is 19.0 Å². The van der Waals surface area contributed by atoms with Crippen molar-refractivity contribution in [3.63, 3.8) is 0 Å². The maximum absolute atomic E-state index is 12.7. The van der Waals surface area contributed by atoms with Gasteiger partial charge in [0, 0.05) is 18.0 Å². The minimum atomic E-state index is -0.179. The fraction of sp³-hybridized carbons (Fsp3) is 0.286. The number of halogens is 1. The molecule has 0 unspecified atom stereocenters. The van der Waals surface area contributed by atoms with E-state index in [9.17, 15) is 4.79 Å². The van der Waals surface area contributed by atoms with Crippen LogP contribution in [0, 0.1) is 11.8 Å². The number of nitrogens with zero attached hydrogens (tertiary/aromatic N) is 6. The van der Waals surface area contributed by atoms with Gasteiger partial charge in [-0.25, -0.2) is 9.97 Å². The summed E-state index contributed by atoms with van der Waals surface area (Å²) in [5.74, 6) is 2.27. The van der Waals surface area contributed by atoms with Gasteiger partial charge in [0.2, 0.25) is 5.89 Å². The van der Waals surface area contributed by atoms with Crippen molar-refractivity contribution in [2.24, 2.45) is 18.9 Å². The van der Waals surface area contributed by atoms with Gasteiger partial charge in [0.05, 0.1) is 11.7 Å². The quantitative estimate of drug-likeness (QED) is 0.506. The van der Waals surface area contributed by atoms with Crippen molar-refractivity contribution < 1.29 is 4.52 Å². The van der Waals surface area contributed by atoms with Gasteiger partial charge in [0.1, 0.15) is 12.9 Å². The molecule has 0 amide bonds. The lowest BCUT2D eigenvalue weighted by Gasteiger charge is -2.02. The van der Waals surface area contributed by atoms with Crippen LogP contribution in [0.15, 0.2) is 51.8 Å². The van der Waals surface area contributed by atoms with Crippen molar-refractivity contribution in [1.29, 1.82) is 0 Å². The van der Waals surface area contributed by atoms with Gasteiger partial charge in [-0.15, -0.1) is 0 Å². The second-order valence-corrected chi connectivity index (χ2v) is 8.71. The van der Waals surface area contributed by atoms with Crippen molar-refractivity contribution in [2.45, 2.75) is 18.4 Å². The highest BCUT2D eigenvalue weighted by Crippen LogP contribution is 2.90. The molecule has 0 aliphatic heterocycles. The van der Waals surface area contributed by atoms with Crippen molar-refractivity contribution in [3.05, 3.63) is 75.1 Å². The van der Waals surface area contributed by atoms with E-state index in [1.165, 1.54) is 27.6 Å². The summed E-state index contributed by atoms with van der Waals surface area (Å²) < 4.78 is 8.65. The van der Waals surface area contributed by atoms with Gasteiger partial charge in [-0.1, -0.05) is 28.9 Å². The Bertz CT molecular complexity index is 1460. The molecule has 148 valence electrons. The van der Waals surface area contributed by atoms with Gasteiger partial charge in [-0.05, 0) is 41.2 Å². The van der Waals surface area contributed by atoms with Gasteiger partial charge >= 0.3 is 0 Å². The van der Waals surface area contributed by atoms with Crippen LogP contribution < -0.4 is 5.56 Å². The van der Waals surface area contributed by atoms with E-state index in [4.69, 9.17) is 16.1 Å². The smallest absolute Gasteiger partial charge is 0.280 e. The minimum absolute atomic E-state index is 0.0358. The van der Waals surface area contributed by atoms with Crippen LogP contribution in [0.5, 0.6) is 0 Å². The number of aromatic nitrogens is 6. The van der Waals surface area contributed by atoms with Gasteiger partial charge in [-0.2, -0.15) is 4.98 Å². The van der Waals surface area contributed by atoms with Gasteiger partial charge < -0.3 is 9.09 Å². The summed E-state index contributed by atoms with van der Waals surface area (Å²) in [6.07, 6.45) is 4.10. The van der Waals surface area contributed by atoms with Crippen LogP contribution in [0.4, 0.5) is 0 Å². The number of aryl methyl sites for hydroxylation is 1. The highest BCUT2D eigenvalue weighted by Gasteiger charge is 2.89. The molecule has 1 aromatic carbocycles. The van der Waals surface area contributed by atoms with Crippen molar-refractivity contribution in [2.75, 3.05) is 0 Å². The van der Waals surface area contributed by atoms with E-state index in [0.717, 1.165) is 17.3 Å². The number of allylic oxidation sites excluding steroid dienone is 2. The molecule has 4 aliphatic carbocycles. The molecule has 2 bridgehead atoms. The fourth-order valence-electron chi connectivity index (χ4n) is 5.35. The summed E-state index contributed by atoms with van der Waals surface area (Å²) in [5, 5.41) is 5.02. The number of imidazole rings is 1. The molecule has 30 heavy (non-hydrogen) atoms. The summed E-state index contributed by atoms with van der Waals surface area (Å²) in [6.45, 7) is 0.189. The molecule has 0 spiro atoms. The fourth-order valence-corrected chi connectivity index (χ4v) is 5.47. The van der Waals surface area contributed by atoms with E-state index in [1.54, 1.807) is 17.9 Å². The van der Waals surface area contributed by atoms with Crippen LogP contribution in [0.2, 0.25) is 5.02 Å². The zero-order valence-corrected chi connectivity index (χ0v) is 16.7. The van der Waals surface area contributed by atoms with Crippen LogP contribution in [0.1, 0.15) is 23.7 Å². The molecule has 8 rings (SSSR count). The largest absolute Gasteiger partial charge is 0.337 e. The number of hydrogen-bond acceptors (Lipinski definition) is 6. The second-order valence-electron chi connectivity index (χ2n) is 8.27. The van der Waals surface area contributed by atoms with E-state index in [-0.39, 0.29) is 17.5 Å². The SMILES string of the molecule is Cn1cnc2ncn(Cc3nc([C@]45C6=C(c7ccc(Cl)cc7)C[C@@H]4[C@H]65)no3)c(=O)c21. The third-order valence-corrected chi connectivity index (χ3v) is 7.08. The maximum atomic E-state index is 12.7. The first-order chi connectivity index (χ1) is 14.6. The lowest BCUT2D eigenvalue weighted by Crippen LogP contribution is -2.22. The lowest BCUT2D eigenvalue weighted by molar-refractivity contribution is 0.363. The zero-order chi connectivity index (χ0) is 20.2. The van der Waals surface area contributed by atoms with Gasteiger partial charge in [0.15, 0.2) is 17.0 Å². The first-order valence-electron chi connectivity index (χ1n) is 9.78. The molecule has 3 aromatic heterocycles. The van der Waals surface area contributed by atoms with E-state index < -0.39 is 0 Å². The number of hydrogen-bond donors (Lipinski definition) is 0. The molecule has 4 aromatic rings. The molecule has 9 heteroatoms. The first kappa shape index (κ1) is 16.5. The third kappa shape index (κ3) is 1.90. The summed E-state index contributed by atoms with van der Waals surface area (Å²) in [6, 6.07) is 8.02. The van der Waals surface area contributed by atoms with Crippen molar-refractivity contribution in [1.82, 2.24) is 29.2 Å². The molecular formula is C21H15ClN6O2. The Kier molecular flexibility index (Phi) is 2.90. The Morgan fingerprint density at radius 3 is 2.83 bits per heavy atom. The molecule has 2 fully saturated rings. The number of rotatable bonds is 4. The molecule has 2 saturated carbocycles. The zero-order valence-electron chi connectivity index (χ0n) is 15.9. The first-order valence-corrected chi connectivity index (χ1v) is 10.2. The number of fused-ring (bicyclic) bond motifs is 2. The Balaban J connectivity index is 1.20. The molecule has 4 aliphatic rings. The predicted molar refractivity (Wildman–Crippen MR) is 108 cm³/mol. The average molecular weight is 419 g/mol. The number of benzene rings is 1. The summed E-state index contributed by atoms with van der Waals surface area (Å²) in [7, 11) is 1.77. The van der Waals surface area contributed by atoms with E-state index in [1.807, 2.05) is 12.1 Å². The van der Waals surface area contributed by atoms with Crippen molar-refractivity contribution in [3.8, 4) is 0 Å². The monoisotopic (exact) mass is 418 g/mol.